The molecule has 5 heteroatoms. The molecule has 1 amide bonds. The van der Waals surface area contributed by atoms with E-state index in [0.717, 1.165) is 0 Å². The first kappa shape index (κ1) is 8.19. The zero-order valence-electron chi connectivity index (χ0n) is 6.14. The predicted molar refractivity (Wildman–Crippen MR) is 42.1 cm³/mol. The van der Waals surface area contributed by atoms with Gasteiger partial charge >= 0.3 is 0 Å². The van der Waals surface area contributed by atoms with Gasteiger partial charge in [0.1, 0.15) is 0 Å². The lowest BCUT2D eigenvalue weighted by Crippen LogP contribution is -2.11. The number of carbonyl (C=O) groups is 1. The number of carbonyl (C=O) groups excluding carboxylic acids is 1. The second-order valence-corrected chi connectivity index (χ2v) is 2.12. The van der Waals surface area contributed by atoms with Gasteiger partial charge in [0.05, 0.1) is 11.8 Å². The maximum atomic E-state index is 10.6. The minimum atomic E-state index is -0.560. The molecule has 0 aliphatic rings. The first-order valence-electron chi connectivity index (χ1n) is 3.16. The largest absolute Gasteiger partial charge is 0.411 e. The third kappa shape index (κ3) is 1.79. The minimum absolute atomic E-state index is 0.285. The second-order valence-electron chi connectivity index (χ2n) is 2.12. The van der Waals surface area contributed by atoms with E-state index in [9.17, 15) is 4.79 Å². The highest BCUT2D eigenvalue weighted by atomic mass is 16.4. The second kappa shape index (κ2) is 3.47. The Kier molecular flexibility index (Phi) is 2.37. The number of pyridine rings is 1. The van der Waals surface area contributed by atoms with E-state index in [1.165, 1.54) is 24.7 Å². The normalized spacial score (nSPS) is 10.3. The number of rotatable bonds is 2. The van der Waals surface area contributed by atoms with Crippen LogP contribution in [0.15, 0.2) is 23.6 Å². The molecule has 3 N–H and O–H groups in total. The summed E-state index contributed by atoms with van der Waals surface area (Å²) in [6.45, 7) is 0. The Morgan fingerprint density at radius 1 is 1.67 bits per heavy atom. The highest BCUT2D eigenvalue weighted by Gasteiger charge is 1.99. The first-order valence-corrected chi connectivity index (χ1v) is 3.16. The summed E-state index contributed by atoms with van der Waals surface area (Å²) in [5.74, 6) is -0.560. The first-order chi connectivity index (χ1) is 5.74. The van der Waals surface area contributed by atoms with Crippen LogP contribution < -0.4 is 5.73 Å². The number of amides is 1. The van der Waals surface area contributed by atoms with Crippen molar-refractivity contribution in [3.63, 3.8) is 0 Å². The Labute approximate surface area is 68.5 Å². The van der Waals surface area contributed by atoms with Crippen molar-refractivity contribution >= 4 is 12.1 Å². The molecule has 0 radical (unpaired) electrons. The Balaban J connectivity index is 3.03. The SMILES string of the molecule is NC(=O)c1cncc(/C=N/O)c1. The predicted octanol–water partition coefficient (Wildman–Crippen LogP) is -0.0114. The minimum Gasteiger partial charge on any atom is -0.411 e. The van der Waals surface area contributed by atoms with E-state index in [0.29, 0.717) is 5.56 Å². The fourth-order valence-electron chi connectivity index (χ4n) is 0.730. The molecule has 1 rings (SSSR count). The molecule has 0 saturated heterocycles. The molecule has 5 nitrogen and oxygen atoms in total. The van der Waals surface area contributed by atoms with Gasteiger partial charge in [-0.15, -0.1) is 0 Å². The monoisotopic (exact) mass is 165 g/mol. The van der Waals surface area contributed by atoms with Crippen molar-refractivity contribution in [1.29, 1.82) is 0 Å². The third-order valence-corrected chi connectivity index (χ3v) is 1.25. The van der Waals surface area contributed by atoms with Crippen molar-refractivity contribution in [2.45, 2.75) is 0 Å². The molecule has 0 aliphatic carbocycles. The summed E-state index contributed by atoms with van der Waals surface area (Å²) in [6.07, 6.45) is 3.96. The van der Waals surface area contributed by atoms with Crippen molar-refractivity contribution in [2.24, 2.45) is 10.9 Å². The third-order valence-electron chi connectivity index (χ3n) is 1.25. The Morgan fingerprint density at radius 3 is 3.00 bits per heavy atom. The highest BCUT2D eigenvalue weighted by molar-refractivity contribution is 5.94. The quantitative estimate of drug-likeness (QED) is 0.367. The molecule has 0 unspecified atom stereocenters. The van der Waals surface area contributed by atoms with E-state index in [1.54, 1.807) is 0 Å². The number of oxime groups is 1. The van der Waals surface area contributed by atoms with Crippen LogP contribution >= 0.6 is 0 Å². The molecular weight excluding hydrogens is 158 g/mol. The van der Waals surface area contributed by atoms with E-state index >= 15 is 0 Å². The van der Waals surface area contributed by atoms with E-state index in [4.69, 9.17) is 10.9 Å². The van der Waals surface area contributed by atoms with Crippen LogP contribution in [-0.2, 0) is 0 Å². The van der Waals surface area contributed by atoms with Gasteiger partial charge in [-0.3, -0.25) is 9.78 Å². The number of nitrogens with two attached hydrogens (primary N) is 1. The van der Waals surface area contributed by atoms with Crippen LogP contribution in [0.1, 0.15) is 15.9 Å². The standard InChI is InChI=1S/C7H7N3O2/c8-7(11)6-1-5(3-10-12)2-9-4-6/h1-4,12H,(H2,8,11)/b10-3+. The lowest BCUT2D eigenvalue weighted by Gasteiger charge is -1.94. The molecule has 0 aromatic carbocycles. The smallest absolute Gasteiger partial charge is 0.250 e. The van der Waals surface area contributed by atoms with Crippen LogP contribution in [0.5, 0.6) is 0 Å². The van der Waals surface area contributed by atoms with Crippen LogP contribution in [0.25, 0.3) is 0 Å². The molecule has 12 heavy (non-hydrogen) atoms. The number of hydrogen-bond acceptors (Lipinski definition) is 4. The van der Waals surface area contributed by atoms with Gasteiger partial charge in [0, 0.05) is 18.0 Å². The van der Waals surface area contributed by atoms with Gasteiger partial charge in [-0.2, -0.15) is 0 Å². The van der Waals surface area contributed by atoms with Crippen molar-refractivity contribution in [3.8, 4) is 0 Å². The molecular formula is C7H7N3O2. The average molecular weight is 165 g/mol. The van der Waals surface area contributed by atoms with Crippen LogP contribution in [0, 0.1) is 0 Å². The molecule has 1 aromatic rings. The van der Waals surface area contributed by atoms with E-state index in [2.05, 4.69) is 10.1 Å². The summed E-state index contributed by atoms with van der Waals surface area (Å²) >= 11 is 0. The maximum absolute atomic E-state index is 10.6. The van der Waals surface area contributed by atoms with Crippen molar-refractivity contribution < 1.29 is 10.0 Å². The summed E-state index contributed by atoms with van der Waals surface area (Å²) in [4.78, 5) is 14.4. The number of aromatic nitrogens is 1. The van der Waals surface area contributed by atoms with Crippen molar-refractivity contribution in [2.75, 3.05) is 0 Å². The van der Waals surface area contributed by atoms with Crippen LogP contribution in [0.2, 0.25) is 0 Å². The van der Waals surface area contributed by atoms with Crippen LogP contribution in [0.3, 0.4) is 0 Å². The molecule has 0 bridgehead atoms. The van der Waals surface area contributed by atoms with Gasteiger partial charge in [0.15, 0.2) is 0 Å². The van der Waals surface area contributed by atoms with Gasteiger partial charge in [-0.25, -0.2) is 0 Å². The highest BCUT2D eigenvalue weighted by Crippen LogP contribution is 1.98. The summed E-state index contributed by atoms with van der Waals surface area (Å²) in [7, 11) is 0. The molecule has 0 aliphatic heterocycles. The van der Waals surface area contributed by atoms with Crippen LogP contribution in [0.4, 0.5) is 0 Å². The van der Waals surface area contributed by atoms with E-state index in [-0.39, 0.29) is 5.56 Å². The fourth-order valence-corrected chi connectivity index (χ4v) is 0.730. The van der Waals surface area contributed by atoms with Crippen LogP contribution in [-0.4, -0.2) is 22.3 Å². The fraction of sp³-hybridized carbons (Fsp3) is 0. The van der Waals surface area contributed by atoms with Crippen molar-refractivity contribution in [1.82, 2.24) is 4.98 Å². The average Bonchev–Trinajstić information content (AvgIpc) is 2.05. The lowest BCUT2D eigenvalue weighted by molar-refractivity contribution is 0.1000. The molecule has 0 fully saturated rings. The molecule has 0 saturated carbocycles. The number of hydrogen-bond donors (Lipinski definition) is 2. The summed E-state index contributed by atoms with van der Waals surface area (Å²) in [5, 5.41) is 11.0. The van der Waals surface area contributed by atoms with Gasteiger partial charge in [0.25, 0.3) is 0 Å². The van der Waals surface area contributed by atoms with E-state index in [1.807, 2.05) is 0 Å². The summed E-state index contributed by atoms with van der Waals surface area (Å²) in [5.41, 5.74) is 5.80. The lowest BCUT2D eigenvalue weighted by atomic mass is 10.2. The summed E-state index contributed by atoms with van der Waals surface area (Å²) in [6, 6.07) is 1.48. The number of primary amides is 1. The molecule has 62 valence electrons. The number of nitrogens with zero attached hydrogens (tertiary/aromatic N) is 2. The molecule has 0 spiro atoms. The van der Waals surface area contributed by atoms with Gasteiger partial charge < -0.3 is 10.9 Å². The summed E-state index contributed by atoms with van der Waals surface area (Å²) < 4.78 is 0. The molecule has 0 atom stereocenters. The Bertz CT molecular complexity index is 322. The molecule has 1 aromatic heterocycles. The Morgan fingerprint density at radius 2 is 2.42 bits per heavy atom. The zero-order valence-corrected chi connectivity index (χ0v) is 6.14. The maximum Gasteiger partial charge on any atom is 0.250 e. The van der Waals surface area contributed by atoms with E-state index < -0.39 is 5.91 Å². The van der Waals surface area contributed by atoms with Crippen molar-refractivity contribution in [3.05, 3.63) is 29.6 Å². The molecule has 1 heterocycles. The zero-order chi connectivity index (χ0) is 8.97. The van der Waals surface area contributed by atoms with Gasteiger partial charge in [-0.05, 0) is 6.07 Å². The van der Waals surface area contributed by atoms with Gasteiger partial charge in [0.2, 0.25) is 5.91 Å². The topological polar surface area (TPSA) is 88.6 Å². The van der Waals surface area contributed by atoms with Gasteiger partial charge in [-0.1, -0.05) is 5.16 Å². The Hall–Kier alpha value is -1.91.